The monoisotopic (exact) mass is 533 g/mol. The molecule has 8 heteroatoms. The van der Waals surface area contributed by atoms with Crippen LogP contribution in [0.15, 0.2) is 82.5 Å². The largest absolute Gasteiger partial charge is 0.379 e. The second-order valence-electron chi connectivity index (χ2n) is 9.07. The van der Waals surface area contributed by atoms with Gasteiger partial charge in [-0.05, 0) is 47.5 Å². The van der Waals surface area contributed by atoms with Crippen LogP contribution in [0.1, 0.15) is 27.2 Å². The van der Waals surface area contributed by atoms with Crippen molar-refractivity contribution in [2.24, 2.45) is 5.73 Å². The Labute approximate surface area is 225 Å². The van der Waals surface area contributed by atoms with Crippen molar-refractivity contribution in [2.75, 3.05) is 26.3 Å². The van der Waals surface area contributed by atoms with E-state index >= 15 is 0 Å². The highest BCUT2D eigenvalue weighted by molar-refractivity contribution is 7.98. The topological polar surface area (TPSA) is 77.6 Å². The molecule has 0 atom stereocenters. The van der Waals surface area contributed by atoms with Crippen LogP contribution in [0.5, 0.6) is 0 Å². The summed E-state index contributed by atoms with van der Waals surface area (Å²) in [4.78, 5) is 29.8. The number of aromatic nitrogens is 1. The van der Waals surface area contributed by atoms with Crippen molar-refractivity contribution < 1.29 is 9.53 Å². The second-order valence-corrected chi connectivity index (χ2v) is 10.5. The number of carbonyl (C=O) groups excluding carboxylic acids is 1. The van der Waals surface area contributed by atoms with Crippen LogP contribution in [-0.2, 0) is 23.6 Å². The number of hydrogen-bond donors (Lipinski definition) is 1. The molecular weight excluding hydrogens is 506 g/mol. The number of nitrogens with two attached hydrogens (primary N) is 1. The van der Waals surface area contributed by atoms with E-state index in [2.05, 4.69) is 15.5 Å². The fourth-order valence-electron chi connectivity index (χ4n) is 4.70. The van der Waals surface area contributed by atoms with Crippen LogP contribution >= 0.6 is 23.4 Å². The molecule has 3 aromatic carbocycles. The average Bonchev–Trinajstić information content (AvgIpc) is 2.91. The molecule has 1 aromatic heterocycles. The van der Waals surface area contributed by atoms with Crippen molar-refractivity contribution in [3.63, 3.8) is 0 Å². The highest BCUT2D eigenvalue weighted by Crippen LogP contribution is 2.27. The van der Waals surface area contributed by atoms with E-state index in [1.165, 1.54) is 0 Å². The molecule has 1 amide bonds. The Balaban J connectivity index is 1.63. The average molecular weight is 534 g/mol. The third kappa shape index (κ3) is 5.91. The maximum absolute atomic E-state index is 13.7. The number of primary amides is 1. The minimum absolute atomic E-state index is 0.0413. The third-order valence-corrected chi connectivity index (χ3v) is 7.83. The van der Waals surface area contributed by atoms with Gasteiger partial charge in [0.15, 0.2) is 0 Å². The number of benzene rings is 3. The predicted molar refractivity (Wildman–Crippen MR) is 149 cm³/mol. The van der Waals surface area contributed by atoms with Gasteiger partial charge in [0, 0.05) is 47.1 Å². The molecule has 0 bridgehead atoms. The summed E-state index contributed by atoms with van der Waals surface area (Å²) >= 11 is 7.73. The molecule has 1 saturated heterocycles. The molecule has 5 rings (SSSR count). The van der Waals surface area contributed by atoms with Crippen molar-refractivity contribution in [1.29, 1.82) is 0 Å². The van der Waals surface area contributed by atoms with Gasteiger partial charge >= 0.3 is 0 Å². The Hall–Kier alpha value is -3.10. The first-order valence-corrected chi connectivity index (χ1v) is 13.6. The lowest BCUT2D eigenvalue weighted by molar-refractivity contribution is 0.0342. The summed E-state index contributed by atoms with van der Waals surface area (Å²) in [6.45, 7) is 3.83. The second kappa shape index (κ2) is 11.5. The molecule has 0 spiro atoms. The van der Waals surface area contributed by atoms with Crippen molar-refractivity contribution in [3.8, 4) is 0 Å². The molecule has 1 aliphatic rings. The predicted octanol–water partition coefficient (Wildman–Crippen LogP) is 4.93. The molecule has 6 nitrogen and oxygen atoms in total. The van der Waals surface area contributed by atoms with Crippen LogP contribution in [0.3, 0.4) is 0 Å². The molecule has 0 radical (unpaired) electrons. The van der Waals surface area contributed by atoms with Crippen LogP contribution < -0.4 is 11.2 Å². The highest BCUT2D eigenvalue weighted by Gasteiger charge is 2.22. The van der Waals surface area contributed by atoms with E-state index in [4.69, 9.17) is 22.1 Å². The molecule has 2 heterocycles. The minimum atomic E-state index is -0.715. The molecule has 1 aliphatic heterocycles. The molecular formula is C29H28ClN3O3S. The number of amides is 1. The molecule has 0 unspecified atom stereocenters. The number of thioether (sulfide) groups is 1. The van der Waals surface area contributed by atoms with Gasteiger partial charge < -0.3 is 15.0 Å². The zero-order valence-electron chi connectivity index (χ0n) is 20.4. The fourth-order valence-corrected chi connectivity index (χ4v) is 5.75. The number of nitrogens with zero attached hydrogens (tertiary/aromatic N) is 2. The molecule has 0 saturated carbocycles. The van der Waals surface area contributed by atoms with Crippen LogP contribution in [0.25, 0.3) is 10.9 Å². The van der Waals surface area contributed by atoms with Crippen LogP contribution in [-0.4, -0.2) is 41.7 Å². The van der Waals surface area contributed by atoms with Gasteiger partial charge in [-0.1, -0.05) is 48.0 Å². The first-order valence-electron chi connectivity index (χ1n) is 12.2. The van der Waals surface area contributed by atoms with Crippen LogP contribution in [0.2, 0.25) is 5.02 Å². The van der Waals surface area contributed by atoms with Crippen molar-refractivity contribution >= 4 is 40.2 Å². The fraction of sp³-hybridized carbons (Fsp3) is 0.241. The van der Waals surface area contributed by atoms with E-state index in [9.17, 15) is 9.59 Å². The molecule has 2 N–H and O–H groups in total. The Morgan fingerprint density at radius 1 is 0.973 bits per heavy atom. The smallest absolute Gasteiger partial charge is 0.254 e. The standard InChI is InChI=1S/C29H28ClN3O3S/c30-22-9-6-20(7-10-22)17-26-27(29(31)35)28(34)24-16-21(18-32-12-14-36-15-13-32)8-11-25(24)33(26)19-37-23-4-2-1-3-5-23/h1-11,16H,12-15,17-19H2,(H2,31,35). The number of ether oxygens (including phenoxy) is 1. The number of rotatable bonds is 8. The lowest BCUT2D eigenvalue weighted by Gasteiger charge is -2.27. The normalized spacial score (nSPS) is 14.2. The Morgan fingerprint density at radius 2 is 1.68 bits per heavy atom. The summed E-state index contributed by atoms with van der Waals surface area (Å²) < 4.78 is 7.52. The molecule has 0 aliphatic carbocycles. The quantitative estimate of drug-likeness (QED) is 0.325. The van der Waals surface area contributed by atoms with Gasteiger partial charge in [-0.15, -0.1) is 11.8 Å². The SMILES string of the molecule is NC(=O)c1c(Cc2ccc(Cl)cc2)n(CSc2ccccc2)c2ccc(CN3CCOCC3)cc2c1=O. The van der Waals surface area contributed by atoms with Crippen molar-refractivity contribution in [1.82, 2.24) is 9.47 Å². The lowest BCUT2D eigenvalue weighted by Crippen LogP contribution is -2.35. The highest BCUT2D eigenvalue weighted by atomic mass is 35.5. The van der Waals surface area contributed by atoms with Crippen molar-refractivity contribution in [2.45, 2.75) is 23.7 Å². The Morgan fingerprint density at radius 3 is 2.38 bits per heavy atom. The third-order valence-electron chi connectivity index (χ3n) is 6.58. The minimum Gasteiger partial charge on any atom is -0.379 e. The van der Waals surface area contributed by atoms with E-state index in [0.717, 1.165) is 41.2 Å². The van der Waals surface area contributed by atoms with Gasteiger partial charge in [-0.3, -0.25) is 14.5 Å². The van der Waals surface area contributed by atoms with Gasteiger partial charge in [0.05, 0.1) is 24.6 Å². The molecule has 37 heavy (non-hydrogen) atoms. The summed E-state index contributed by atoms with van der Waals surface area (Å²) in [5, 5.41) is 1.13. The van der Waals surface area contributed by atoms with E-state index in [-0.39, 0.29) is 11.0 Å². The number of fused-ring (bicyclic) bond motifs is 1. The van der Waals surface area contributed by atoms with Gasteiger partial charge in [0.2, 0.25) is 5.43 Å². The maximum Gasteiger partial charge on any atom is 0.254 e. The van der Waals surface area contributed by atoms with Crippen LogP contribution in [0, 0.1) is 0 Å². The zero-order chi connectivity index (χ0) is 25.8. The first kappa shape index (κ1) is 25.5. The van der Waals surface area contributed by atoms with E-state index < -0.39 is 5.91 Å². The van der Waals surface area contributed by atoms with Crippen LogP contribution in [0.4, 0.5) is 0 Å². The summed E-state index contributed by atoms with van der Waals surface area (Å²) in [5.74, 6) is -0.194. The number of morpholine rings is 1. The van der Waals surface area contributed by atoms with E-state index in [0.29, 0.717) is 41.6 Å². The van der Waals surface area contributed by atoms with E-state index in [1.54, 1.807) is 23.9 Å². The number of pyridine rings is 1. The molecule has 1 fully saturated rings. The zero-order valence-corrected chi connectivity index (χ0v) is 21.9. The van der Waals surface area contributed by atoms with E-state index in [1.807, 2.05) is 54.6 Å². The molecule has 4 aromatic rings. The summed E-state index contributed by atoms with van der Waals surface area (Å²) in [7, 11) is 0. The summed E-state index contributed by atoms with van der Waals surface area (Å²) in [6, 6.07) is 23.5. The molecule has 190 valence electrons. The summed E-state index contributed by atoms with van der Waals surface area (Å²) in [5.41, 5.74) is 8.92. The van der Waals surface area contributed by atoms with Gasteiger partial charge in [0.25, 0.3) is 5.91 Å². The Bertz CT molecular complexity index is 1470. The Kier molecular flexibility index (Phi) is 7.96. The van der Waals surface area contributed by atoms with Gasteiger partial charge in [0.1, 0.15) is 5.56 Å². The van der Waals surface area contributed by atoms with Gasteiger partial charge in [-0.2, -0.15) is 0 Å². The number of carbonyl (C=O) groups is 1. The van der Waals surface area contributed by atoms with Gasteiger partial charge in [-0.25, -0.2) is 0 Å². The number of halogens is 1. The van der Waals surface area contributed by atoms with Crippen molar-refractivity contribution in [3.05, 3.63) is 110 Å². The number of hydrogen-bond acceptors (Lipinski definition) is 5. The first-order chi connectivity index (χ1) is 18.0. The maximum atomic E-state index is 13.7. The summed E-state index contributed by atoms with van der Waals surface area (Å²) in [6.07, 6.45) is 0.380. The lowest BCUT2D eigenvalue weighted by atomic mass is 10.00.